The summed E-state index contributed by atoms with van der Waals surface area (Å²) >= 11 is 11.8. The summed E-state index contributed by atoms with van der Waals surface area (Å²) in [6, 6.07) is 25.9. The van der Waals surface area contributed by atoms with Gasteiger partial charge in [-0.15, -0.1) is 0 Å². The quantitative estimate of drug-likeness (QED) is 0.0729. The maximum absolute atomic E-state index is 13.8. The third kappa shape index (κ3) is 14.7. The molecule has 8 rings (SSSR count). The lowest BCUT2D eigenvalue weighted by Crippen LogP contribution is -2.33. The Morgan fingerprint density at radius 2 is 0.940 bits per heavy atom. The number of benzene rings is 4. The number of ether oxygens (including phenoxy) is 5. The molecule has 4 aromatic heterocycles. The minimum absolute atomic E-state index is 0.0134. The molecule has 0 radical (unpaired) electrons. The number of halogens is 8. The summed E-state index contributed by atoms with van der Waals surface area (Å²) in [5, 5.41) is 26.6. The van der Waals surface area contributed by atoms with Gasteiger partial charge in [-0.05, 0) is 83.9 Å². The Kier molecular flexibility index (Phi) is 18.5. The van der Waals surface area contributed by atoms with Crippen molar-refractivity contribution in [3.63, 3.8) is 0 Å². The zero-order valence-corrected chi connectivity index (χ0v) is 44.3. The number of nitrogens with two attached hydrogens (primary N) is 1. The van der Waals surface area contributed by atoms with E-state index in [9.17, 15) is 55.1 Å². The molecule has 83 heavy (non-hydrogen) atoms. The Labute approximate surface area is 471 Å². The predicted molar refractivity (Wildman–Crippen MR) is 279 cm³/mol. The number of hydrogen-bond acceptors (Lipinski definition) is 17. The Hall–Kier alpha value is -10.3. The molecule has 4 aromatic carbocycles. The number of nitrogens with zero attached hydrogens (tertiary/aromatic N) is 10. The summed E-state index contributed by atoms with van der Waals surface area (Å²) in [5.74, 6) is -3.91. The average Bonchev–Trinajstić information content (AvgIpc) is 3.15. The van der Waals surface area contributed by atoms with Gasteiger partial charge in [0.05, 0.1) is 94.8 Å². The van der Waals surface area contributed by atoms with E-state index in [4.69, 9.17) is 63.1 Å². The van der Waals surface area contributed by atoms with Gasteiger partial charge in [0.15, 0.2) is 11.4 Å². The average molecular weight is 1190 g/mol. The van der Waals surface area contributed by atoms with Gasteiger partial charge in [-0.25, -0.2) is 24.1 Å². The third-order valence-corrected chi connectivity index (χ3v) is 11.8. The van der Waals surface area contributed by atoms with Gasteiger partial charge < -0.3 is 29.4 Å². The molecule has 0 aliphatic heterocycles. The Bertz CT molecular complexity index is 4140. The van der Waals surface area contributed by atoms with Crippen LogP contribution >= 0.6 is 23.2 Å². The minimum atomic E-state index is -5.08. The van der Waals surface area contributed by atoms with Crippen molar-refractivity contribution in [3.8, 4) is 46.6 Å². The lowest BCUT2D eigenvalue weighted by molar-refractivity contribution is -0.143. The maximum Gasteiger partial charge on any atom is 0.437 e. The summed E-state index contributed by atoms with van der Waals surface area (Å²) in [5.41, 5.74) is -1.79. The van der Waals surface area contributed by atoms with E-state index in [0.717, 1.165) is 62.0 Å². The van der Waals surface area contributed by atoms with Gasteiger partial charge in [0, 0.05) is 10.0 Å². The van der Waals surface area contributed by atoms with E-state index in [1.165, 1.54) is 26.4 Å². The van der Waals surface area contributed by atoms with E-state index in [1.54, 1.807) is 60.7 Å². The monoisotopic (exact) mass is 1190 g/mol. The number of carbonyl (C=O) groups excluding carboxylic acids is 2. The van der Waals surface area contributed by atoms with Crippen molar-refractivity contribution in [2.75, 3.05) is 21.3 Å². The van der Waals surface area contributed by atoms with Crippen LogP contribution in [0.4, 0.5) is 26.3 Å². The molecule has 22 nitrogen and oxygen atoms in total. The summed E-state index contributed by atoms with van der Waals surface area (Å²) in [4.78, 5) is 83.3. The fourth-order valence-electron chi connectivity index (χ4n) is 7.51. The van der Waals surface area contributed by atoms with E-state index in [2.05, 4.69) is 20.2 Å². The van der Waals surface area contributed by atoms with Crippen LogP contribution in [0, 0.1) is 22.7 Å². The highest BCUT2D eigenvalue weighted by Gasteiger charge is 2.40. The van der Waals surface area contributed by atoms with Gasteiger partial charge in [0.2, 0.25) is 11.5 Å². The first-order chi connectivity index (χ1) is 39.3. The molecule has 0 bridgehead atoms. The van der Waals surface area contributed by atoms with E-state index < -0.39 is 93.6 Å². The van der Waals surface area contributed by atoms with Crippen LogP contribution < -0.4 is 46.9 Å². The number of alkyl halides is 6. The van der Waals surface area contributed by atoms with E-state index in [1.807, 2.05) is 0 Å². The topological polar surface area (TPSA) is 293 Å². The molecule has 1 amide bonds. The highest BCUT2D eigenvalue weighted by molar-refractivity contribution is 6.31. The molecule has 0 spiro atoms. The van der Waals surface area contributed by atoms with E-state index in [0.29, 0.717) is 35.3 Å². The smallest absolute Gasteiger partial charge is 0.437 e. The highest BCUT2D eigenvalue weighted by Crippen LogP contribution is 2.37. The number of hydrogen-bond donors (Lipinski definition) is 1. The third-order valence-electron chi connectivity index (χ3n) is 11.3. The second kappa shape index (κ2) is 25.4. The number of rotatable bonds is 16. The first kappa shape index (κ1) is 60.3. The first-order valence-corrected chi connectivity index (χ1v) is 24.0. The number of aromatic nitrogens is 8. The van der Waals surface area contributed by atoms with Crippen LogP contribution in [0.15, 0.2) is 129 Å². The molecule has 0 aliphatic carbocycles. The molecule has 0 unspecified atom stereocenters. The molecular weight excluding hydrogens is 1150 g/mol. The SMILES string of the molecule is COC(=O)c1cc(Cn2cnc(C(F)(F)F)c(Oc3cc(Cl)cc(C#N)c3)c2=O)nn(Cc2ccc(OC)cc2)c1=O.COc1ccc(Cn2nc(Cn3cnc(C(F)(F)F)c(Oc4cc(Cl)cc(C#N)c4)c3=O)cc(C(N)=O)c2=O)cc1. The van der Waals surface area contributed by atoms with Crippen molar-refractivity contribution < 1.29 is 59.6 Å². The zero-order chi connectivity index (χ0) is 60.5. The van der Waals surface area contributed by atoms with E-state index >= 15 is 0 Å². The van der Waals surface area contributed by atoms with Crippen molar-refractivity contribution in [2.24, 2.45) is 5.73 Å². The van der Waals surface area contributed by atoms with Gasteiger partial charge in [-0.3, -0.25) is 33.1 Å². The summed E-state index contributed by atoms with van der Waals surface area (Å²) in [6.45, 7) is -1.21. The van der Waals surface area contributed by atoms with Crippen LogP contribution in [0.1, 0.15) is 65.7 Å². The van der Waals surface area contributed by atoms with Gasteiger partial charge in [0.25, 0.3) is 28.1 Å². The standard InChI is InChI=1S/C27H19ClF3N5O6.C26H18ClF3N6O5/c1-40-19-5-3-15(4-6-19)12-36-24(37)21(26(39)41-2)10-18(34-36)13-35-14-33-23(27(29,30)31)22(25(35)38)42-20-8-16(11-32)7-17(28)9-20;1-40-18-4-2-14(3-5-18)11-36-24(38)20(23(32)37)9-17(34-36)12-35-13-33-22(26(28,29)30)21(25(35)39)41-19-7-15(10-31)6-16(27)8-19/h3-10,14H,12-13H2,1-2H3;2-9,13H,11-12H2,1H3,(H2,32,37). The van der Waals surface area contributed by atoms with Gasteiger partial charge in [-0.2, -0.15) is 47.1 Å². The van der Waals surface area contributed by atoms with Crippen molar-refractivity contribution in [1.29, 1.82) is 10.5 Å². The lowest BCUT2D eigenvalue weighted by atomic mass is 10.2. The van der Waals surface area contributed by atoms with Crippen molar-refractivity contribution in [2.45, 2.75) is 38.5 Å². The first-order valence-electron chi connectivity index (χ1n) is 23.3. The normalized spacial score (nSPS) is 11.1. The van der Waals surface area contributed by atoms with Crippen LogP contribution in [0.25, 0.3) is 0 Å². The van der Waals surface area contributed by atoms with E-state index in [-0.39, 0.29) is 57.1 Å². The van der Waals surface area contributed by atoms with Crippen LogP contribution in [0.3, 0.4) is 0 Å². The molecule has 2 N–H and O–H groups in total. The van der Waals surface area contributed by atoms with Crippen molar-refractivity contribution in [3.05, 3.63) is 217 Å². The predicted octanol–water partition coefficient (Wildman–Crippen LogP) is 7.37. The van der Waals surface area contributed by atoms with Crippen LogP contribution in [0.5, 0.6) is 34.5 Å². The molecule has 426 valence electrons. The zero-order valence-electron chi connectivity index (χ0n) is 42.8. The summed E-state index contributed by atoms with van der Waals surface area (Å²) < 4.78 is 111. The number of carbonyl (C=O) groups is 2. The summed E-state index contributed by atoms with van der Waals surface area (Å²) in [7, 11) is 4.04. The van der Waals surface area contributed by atoms with Gasteiger partial charge >= 0.3 is 18.3 Å². The Balaban J connectivity index is 0.000000239. The molecule has 8 aromatic rings. The molecule has 4 heterocycles. The Morgan fingerprint density at radius 3 is 1.29 bits per heavy atom. The number of nitriles is 2. The lowest BCUT2D eigenvalue weighted by Gasteiger charge is -2.15. The molecule has 0 aliphatic rings. The van der Waals surface area contributed by atoms with Crippen LogP contribution in [-0.2, 0) is 43.3 Å². The van der Waals surface area contributed by atoms with Gasteiger partial charge in [-0.1, -0.05) is 47.5 Å². The fraction of sp³-hybridized carbons (Fsp3) is 0.170. The number of primary amides is 1. The van der Waals surface area contributed by atoms with Crippen molar-refractivity contribution >= 4 is 35.1 Å². The summed E-state index contributed by atoms with van der Waals surface area (Å²) in [6.07, 6.45) is -8.89. The molecule has 0 atom stereocenters. The molecule has 0 saturated carbocycles. The fourth-order valence-corrected chi connectivity index (χ4v) is 7.96. The van der Waals surface area contributed by atoms with Crippen molar-refractivity contribution in [1.82, 2.24) is 38.7 Å². The second-order valence-electron chi connectivity index (χ2n) is 17.1. The maximum atomic E-state index is 13.8. The number of esters is 1. The second-order valence-corrected chi connectivity index (χ2v) is 17.9. The van der Waals surface area contributed by atoms with Crippen LogP contribution in [0.2, 0.25) is 10.0 Å². The minimum Gasteiger partial charge on any atom is -0.497 e. The molecule has 0 saturated heterocycles. The van der Waals surface area contributed by atoms with Gasteiger partial charge in [0.1, 0.15) is 34.1 Å². The Morgan fingerprint density at radius 1 is 0.554 bits per heavy atom. The molecule has 0 fully saturated rings. The molecular formula is C53H37Cl2F6N11O11. The largest absolute Gasteiger partial charge is 0.497 e. The highest BCUT2D eigenvalue weighted by atomic mass is 35.5. The number of methoxy groups -OCH3 is 3. The van der Waals surface area contributed by atoms with Crippen LogP contribution in [-0.4, -0.2) is 71.9 Å². The number of amides is 1. The molecule has 30 heteroatoms.